The van der Waals surface area contributed by atoms with Gasteiger partial charge < -0.3 is 4.98 Å². The molecule has 0 saturated carbocycles. The minimum atomic E-state index is -0.00521. The number of aromatic nitrogens is 1. The van der Waals surface area contributed by atoms with Crippen molar-refractivity contribution in [1.29, 1.82) is 0 Å². The van der Waals surface area contributed by atoms with Crippen LogP contribution in [0.15, 0.2) is 9.40 Å². The smallest absolute Gasteiger partial charge is 0.305 e. The Balaban J connectivity index is 3.35. The van der Waals surface area contributed by atoms with Crippen LogP contribution in [-0.2, 0) is 0 Å². The summed E-state index contributed by atoms with van der Waals surface area (Å²) in [5, 5.41) is 0. The van der Waals surface area contributed by atoms with E-state index in [9.17, 15) is 4.79 Å². The van der Waals surface area contributed by atoms with Crippen LogP contribution in [0, 0.1) is 6.92 Å². The topological polar surface area (TPSA) is 32.9 Å². The van der Waals surface area contributed by atoms with E-state index in [-0.39, 0.29) is 4.87 Å². The lowest BCUT2D eigenvalue weighted by molar-refractivity contribution is 1.27. The molecule has 0 bridgehead atoms. The van der Waals surface area contributed by atoms with Crippen molar-refractivity contribution < 1.29 is 0 Å². The molecule has 0 atom stereocenters. The number of nitrogens with one attached hydrogen (secondary N) is 1. The monoisotopic (exact) mass is 193 g/mol. The molecule has 0 spiro atoms. The van der Waals surface area contributed by atoms with Crippen molar-refractivity contribution >= 4 is 27.3 Å². The highest BCUT2D eigenvalue weighted by Gasteiger charge is 1.95. The summed E-state index contributed by atoms with van der Waals surface area (Å²) >= 11 is 4.38. The van der Waals surface area contributed by atoms with Gasteiger partial charge in [-0.15, -0.1) is 0 Å². The van der Waals surface area contributed by atoms with E-state index in [0.717, 1.165) is 9.48 Å². The number of hydrogen-bond acceptors (Lipinski definition) is 2. The van der Waals surface area contributed by atoms with Gasteiger partial charge in [-0.2, -0.15) is 0 Å². The molecule has 0 radical (unpaired) electrons. The van der Waals surface area contributed by atoms with Crippen molar-refractivity contribution in [3.63, 3.8) is 0 Å². The molecule has 44 valence electrons. The third kappa shape index (κ3) is 1.00. The van der Waals surface area contributed by atoms with Crippen molar-refractivity contribution in [1.82, 2.24) is 4.98 Å². The summed E-state index contributed by atoms with van der Waals surface area (Å²) in [6.45, 7) is 1.88. The van der Waals surface area contributed by atoms with Gasteiger partial charge in [0.05, 0.1) is 4.60 Å². The van der Waals surface area contributed by atoms with Crippen LogP contribution in [0.2, 0.25) is 0 Å². The molecule has 1 rings (SSSR count). The Morgan fingerprint density at radius 2 is 2.38 bits per heavy atom. The van der Waals surface area contributed by atoms with Gasteiger partial charge in [-0.1, -0.05) is 11.3 Å². The Labute approximate surface area is 58.7 Å². The van der Waals surface area contributed by atoms with Crippen molar-refractivity contribution in [3.8, 4) is 0 Å². The van der Waals surface area contributed by atoms with E-state index in [1.165, 1.54) is 11.3 Å². The highest BCUT2D eigenvalue weighted by molar-refractivity contribution is 9.10. The molecular formula is C4H4BrNOS. The van der Waals surface area contributed by atoms with Crippen LogP contribution in [0.5, 0.6) is 0 Å². The van der Waals surface area contributed by atoms with Gasteiger partial charge >= 0.3 is 4.87 Å². The minimum absolute atomic E-state index is 0.00521. The molecule has 0 aliphatic carbocycles. The summed E-state index contributed by atoms with van der Waals surface area (Å²) in [5.74, 6) is 0. The molecule has 0 unspecified atom stereocenters. The fourth-order valence-corrected chi connectivity index (χ4v) is 1.51. The molecule has 1 aromatic rings. The molecule has 1 N–H and O–H groups in total. The molecule has 0 amide bonds. The fraction of sp³-hybridized carbons (Fsp3) is 0.250. The van der Waals surface area contributed by atoms with E-state index < -0.39 is 0 Å². The molecule has 2 nitrogen and oxygen atoms in total. The summed E-state index contributed by atoms with van der Waals surface area (Å²) in [7, 11) is 0. The van der Waals surface area contributed by atoms with E-state index in [2.05, 4.69) is 20.9 Å². The second-order valence-corrected chi connectivity index (χ2v) is 3.36. The largest absolute Gasteiger partial charge is 0.307 e. The summed E-state index contributed by atoms with van der Waals surface area (Å²) in [5.41, 5.74) is 0. The summed E-state index contributed by atoms with van der Waals surface area (Å²) < 4.78 is 0.799. The molecule has 4 heteroatoms. The van der Waals surface area contributed by atoms with E-state index in [1.807, 2.05) is 6.92 Å². The van der Waals surface area contributed by atoms with Crippen molar-refractivity contribution in [2.75, 3.05) is 0 Å². The number of H-pyrrole nitrogens is 1. The molecule has 0 aromatic carbocycles. The van der Waals surface area contributed by atoms with Crippen LogP contribution in [0.1, 0.15) is 4.88 Å². The van der Waals surface area contributed by atoms with E-state index in [1.54, 1.807) is 0 Å². The predicted molar refractivity (Wildman–Crippen MR) is 37.4 cm³/mol. The lowest BCUT2D eigenvalue weighted by Crippen LogP contribution is -1.89. The van der Waals surface area contributed by atoms with Gasteiger partial charge in [0.2, 0.25) is 0 Å². The Kier molecular flexibility index (Phi) is 1.53. The van der Waals surface area contributed by atoms with Crippen molar-refractivity contribution in [2.45, 2.75) is 6.92 Å². The van der Waals surface area contributed by atoms with Crippen molar-refractivity contribution in [3.05, 3.63) is 19.1 Å². The first-order valence-corrected chi connectivity index (χ1v) is 3.66. The molecule has 8 heavy (non-hydrogen) atoms. The maximum absolute atomic E-state index is 10.4. The number of halogens is 1. The Hall–Kier alpha value is -0.0900. The molecular weight excluding hydrogens is 190 g/mol. The standard InChI is InChI=1S/C4H4BrNOS/c1-2-3(5)6-4(7)8-2/h1H3,(H,6,7). The van der Waals surface area contributed by atoms with E-state index in [0.29, 0.717) is 0 Å². The van der Waals surface area contributed by atoms with Crippen LogP contribution in [-0.4, -0.2) is 4.98 Å². The third-order valence-corrected chi connectivity index (χ3v) is 2.62. The number of aryl methyl sites for hydroxylation is 1. The quantitative estimate of drug-likeness (QED) is 0.667. The number of hydrogen-bond donors (Lipinski definition) is 1. The second kappa shape index (κ2) is 2.03. The third-order valence-electron chi connectivity index (χ3n) is 0.767. The lowest BCUT2D eigenvalue weighted by atomic mass is 10.7. The molecule has 1 aromatic heterocycles. The van der Waals surface area contributed by atoms with Crippen LogP contribution < -0.4 is 4.87 Å². The van der Waals surface area contributed by atoms with Gasteiger partial charge in [0.1, 0.15) is 0 Å². The summed E-state index contributed by atoms with van der Waals surface area (Å²) in [4.78, 5) is 14.0. The SMILES string of the molecule is Cc1sc(=O)[nH]c1Br. The van der Waals surface area contributed by atoms with Gasteiger partial charge in [-0.3, -0.25) is 4.79 Å². The Morgan fingerprint density at radius 3 is 2.50 bits per heavy atom. The summed E-state index contributed by atoms with van der Waals surface area (Å²) in [6, 6.07) is 0. The van der Waals surface area contributed by atoms with Gasteiger partial charge in [0, 0.05) is 4.88 Å². The van der Waals surface area contributed by atoms with Gasteiger partial charge in [-0.05, 0) is 22.9 Å². The Morgan fingerprint density at radius 1 is 1.75 bits per heavy atom. The van der Waals surface area contributed by atoms with Gasteiger partial charge in [0.15, 0.2) is 0 Å². The van der Waals surface area contributed by atoms with Gasteiger partial charge in [-0.25, -0.2) is 0 Å². The van der Waals surface area contributed by atoms with Crippen molar-refractivity contribution in [2.24, 2.45) is 0 Å². The lowest BCUT2D eigenvalue weighted by Gasteiger charge is -1.76. The highest BCUT2D eigenvalue weighted by atomic mass is 79.9. The zero-order valence-electron chi connectivity index (χ0n) is 4.19. The van der Waals surface area contributed by atoms with E-state index >= 15 is 0 Å². The normalized spacial score (nSPS) is 9.75. The van der Waals surface area contributed by atoms with Crippen LogP contribution in [0.25, 0.3) is 0 Å². The van der Waals surface area contributed by atoms with Crippen LogP contribution in [0.4, 0.5) is 0 Å². The minimum Gasteiger partial charge on any atom is -0.307 e. The maximum Gasteiger partial charge on any atom is 0.305 e. The predicted octanol–water partition coefficient (Wildman–Crippen LogP) is 1.51. The molecule has 0 fully saturated rings. The zero-order chi connectivity index (χ0) is 6.15. The highest BCUT2D eigenvalue weighted by Crippen LogP contribution is 2.12. The fourth-order valence-electron chi connectivity index (χ4n) is 0.387. The number of rotatable bonds is 0. The summed E-state index contributed by atoms with van der Waals surface area (Å²) in [6.07, 6.45) is 0. The number of thiazole rings is 1. The average Bonchev–Trinajstić information content (AvgIpc) is 1.85. The first-order valence-electron chi connectivity index (χ1n) is 2.05. The van der Waals surface area contributed by atoms with Crippen LogP contribution in [0.3, 0.4) is 0 Å². The first-order chi connectivity index (χ1) is 3.70. The van der Waals surface area contributed by atoms with Gasteiger partial charge in [0.25, 0.3) is 0 Å². The van der Waals surface area contributed by atoms with Crippen LogP contribution >= 0.6 is 27.3 Å². The number of aromatic amines is 1. The molecule has 0 aliphatic rings. The zero-order valence-corrected chi connectivity index (χ0v) is 6.60. The Bertz CT molecular complexity index is 216. The molecule has 0 aliphatic heterocycles. The second-order valence-electron chi connectivity index (χ2n) is 1.38. The average molecular weight is 194 g/mol. The maximum atomic E-state index is 10.4. The first kappa shape index (κ1) is 6.04. The molecule has 1 heterocycles. The van der Waals surface area contributed by atoms with E-state index in [4.69, 9.17) is 0 Å². The molecule has 0 saturated heterocycles.